The normalized spacial score (nSPS) is 30.1. The first-order chi connectivity index (χ1) is 7.97. The Kier molecular flexibility index (Phi) is 3.41. The molecule has 1 heterocycles. The largest absolute Gasteiger partial charge is 0.637 e. The summed E-state index contributed by atoms with van der Waals surface area (Å²) in [7, 11) is -1.28. The van der Waals surface area contributed by atoms with Crippen LogP contribution in [0.5, 0.6) is 5.75 Å². The Morgan fingerprint density at radius 1 is 1.47 bits per heavy atom. The van der Waals surface area contributed by atoms with Crippen LogP contribution in [0.4, 0.5) is 0 Å². The van der Waals surface area contributed by atoms with Crippen molar-refractivity contribution in [1.82, 2.24) is 4.67 Å². The molecule has 0 aliphatic carbocycles. The molecule has 4 nitrogen and oxygen atoms in total. The van der Waals surface area contributed by atoms with Crippen LogP contribution in [0.2, 0.25) is 0 Å². The van der Waals surface area contributed by atoms with Crippen LogP contribution >= 0.6 is 7.87 Å². The third-order valence-corrected chi connectivity index (χ3v) is 5.88. The molecule has 1 aromatic carbocycles. The number of para-hydroxylation sites is 1. The first-order valence-electron chi connectivity index (χ1n) is 5.73. The molecule has 2 atom stereocenters. The third kappa shape index (κ3) is 2.06. The van der Waals surface area contributed by atoms with Crippen molar-refractivity contribution in [3.8, 4) is 5.75 Å². The fourth-order valence-electron chi connectivity index (χ4n) is 2.14. The van der Waals surface area contributed by atoms with E-state index in [1.54, 1.807) is 29.9 Å². The van der Waals surface area contributed by atoms with E-state index >= 15 is 0 Å². The van der Waals surface area contributed by atoms with Gasteiger partial charge >= 0.3 is 0 Å². The zero-order chi connectivity index (χ0) is 12.6. The van der Waals surface area contributed by atoms with Crippen molar-refractivity contribution in [2.45, 2.75) is 19.9 Å². The molecule has 1 N–H and O–H groups in total. The summed E-state index contributed by atoms with van der Waals surface area (Å²) in [6, 6.07) is 6.79. The molecule has 1 unspecified atom stereocenters. The quantitative estimate of drug-likeness (QED) is 0.805. The maximum atomic E-state index is 12.8. The van der Waals surface area contributed by atoms with Crippen LogP contribution in [-0.4, -0.2) is 29.5 Å². The van der Waals surface area contributed by atoms with Crippen LogP contribution in [0.15, 0.2) is 24.3 Å². The summed E-state index contributed by atoms with van der Waals surface area (Å²) in [5, 5.41) is 10.2. The molecule has 1 aliphatic rings. The number of hydrogen-bond acceptors (Lipinski definition) is 4. The minimum Gasteiger partial charge on any atom is -0.637 e. The van der Waals surface area contributed by atoms with Crippen molar-refractivity contribution in [2.75, 3.05) is 13.7 Å². The van der Waals surface area contributed by atoms with Gasteiger partial charge in [-0.2, -0.15) is 0 Å². The van der Waals surface area contributed by atoms with Gasteiger partial charge in [0.25, 0.3) is 0 Å². The van der Waals surface area contributed by atoms with Crippen LogP contribution in [-0.2, 0) is 4.52 Å². The molecular formula is C12H18NO3P. The van der Waals surface area contributed by atoms with Gasteiger partial charge in [0, 0.05) is 7.05 Å². The van der Waals surface area contributed by atoms with E-state index in [-0.39, 0.29) is 11.8 Å². The van der Waals surface area contributed by atoms with E-state index in [4.69, 9.17) is 4.52 Å². The van der Waals surface area contributed by atoms with E-state index in [9.17, 15) is 10.00 Å². The number of phenols is 1. The van der Waals surface area contributed by atoms with Gasteiger partial charge in [-0.15, -0.1) is 4.67 Å². The predicted molar refractivity (Wildman–Crippen MR) is 67.0 cm³/mol. The Morgan fingerprint density at radius 2 is 2.12 bits per heavy atom. The summed E-state index contributed by atoms with van der Waals surface area (Å²) in [5.41, 5.74) is 0. The van der Waals surface area contributed by atoms with E-state index in [0.29, 0.717) is 17.8 Å². The van der Waals surface area contributed by atoms with Gasteiger partial charge in [0.15, 0.2) is 11.1 Å². The van der Waals surface area contributed by atoms with E-state index in [2.05, 4.69) is 13.8 Å². The molecule has 0 spiro atoms. The molecule has 1 saturated heterocycles. The van der Waals surface area contributed by atoms with Crippen LogP contribution in [0.25, 0.3) is 0 Å². The minimum atomic E-state index is -3.08. The van der Waals surface area contributed by atoms with E-state index in [1.807, 2.05) is 0 Å². The van der Waals surface area contributed by atoms with Crippen molar-refractivity contribution in [3.05, 3.63) is 24.3 Å². The van der Waals surface area contributed by atoms with E-state index in [0.717, 1.165) is 0 Å². The summed E-state index contributed by atoms with van der Waals surface area (Å²) in [6.45, 7) is 4.59. The second-order valence-corrected chi connectivity index (χ2v) is 7.10. The van der Waals surface area contributed by atoms with Crippen LogP contribution < -0.4 is 10.2 Å². The number of likely N-dealkylation sites (N-methyl/N-ethyl adjacent to an activating group) is 1. The summed E-state index contributed by atoms with van der Waals surface area (Å²) in [5.74, 6) is 0.397. The molecule has 0 aromatic heterocycles. The highest BCUT2D eigenvalue weighted by Crippen LogP contribution is 2.60. The smallest absolute Gasteiger partial charge is 0.211 e. The fraction of sp³-hybridized carbons (Fsp3) is 0.500. The molecule has 0 bridgehead atoms. The van der Waals surface area contributed by atoms with Crippen LogP contribution in [0, 0.1) is 5.92 Å². The lowest BCUT2D eigenvalue weighted by atomic mass is 10.1. The highest BCUT2D eigenvalue weighted by atomic mass is 31.2. The molecule has 1 aliphatic heterocycles. The van der Waals surface area contributed by atoms with Gasteiger partial charge in [-0.05, 0) is 18.1 Å². The minimum absolute atomic E-state index is 0.0343. The lowest BCUT2D eigenvalue weighted by molar-refractivity contribution is -0.193. The Morgan fingerprint density at radius 3 is 2.65 bits per heavy atom. The molecule has 94 valence electrons. The molecule has 1 aromatic rings. The number of benzene rings is 1. The Labute approximate surface area is 102 Å². The van der Waals surface area contributed by atoms with Crippen molar-refractivity contribution in [2.24, 2.45) is 5.92 Å². The lowest BCUT2D eigenvalue weighted by Crippen LogP contribution is -2.38. The molecule has 17 heavy (non-hydrogen) atoms. The monoisotopic (exact) mass is 255 g/mol. The van der Waals surface area contributed by atoms with Crippen molar-refractivity contribution in [3.63, 3.8) is 0 Å². The topological polar surface area (TPSA) is 55.8 Å². The molecule has 5 heteroatoms. The Balaban J connectivity index is 2.36. The van der Waals surface area contributed by atoms with Crippen molar-refractivity contribution >= 4 is 13.2 Å². The van der Waals surface area contributed by atoms with Gasteiger partial charge in [0.1, 0.15) is 6.61 Å². The average molecular weight is 255 g/mol. The average Bonchev–Trinajstić information content (AvgIpc) is 2.57. The van der Waals surface area contributed by atoms with Crippen LogP contribution in [0.1, 0.15) is 13.8 Å². The molecule has 0 amide bonds. The molecule has 1 fully saturated rings. The SMILES string of the molecule is CC(C)[C@H]1CO[P+]([O-])(c2ccccc2O)N1C. The zero-order valence-electron chi connectivity index (χ0n) is 10.3. The first kappa shape index (κ1) is 12.8. The van der Waals surface area contributed by atoms with Crippen LogP contribution in [0.3, 0.4) is 0 Å². The first-order valence-corrected chi connectivity index (χ1v) is 7.31. The zero-order valence-corrected chi connectivity index (χ0v) is 11.2. The lowest BCUT2D eigenvalue weighted by Gasteiger charge is -2.32. The number of rotatable bonds is 2. The molecule has 2 rings (SSSR count). The summed E-state index contributed by atoms with van der Waals surface area (Å²) >= 11 is 0. The maximum Gasteiger partial charge on any atom is 0.211 e. The van der Waals surface area contributed by atoms with Gasteiger partial charge in [-0.3, -0.25) is 0 Å². The van der Waals surface area contributed by atoms with Gasteiger partial charge in [0.2, 0.25) is 7.87 Å². The second-order valence-electron chi connectivity index (χ2n) is 4.69. The summed E-state index contributed by atoms with van der Waals surface area (Å²) in [4.78, 5) is 12.8. The standard InChI is InChI=1S/C12H18NO3P/c1-9(2)10-8-16-17(15,13(10)3)12-7-5-4-6-11(12)14/h4-7,9-10,14H,8H2,1-3H3/t10-,17?/m1/s1. The van der Waals surface area contributed by atoms with E-state index in [1.165, 1.54) is 6.07 Å². The Bertz CT molecular complexity index is 412. The van der Waals surface area contributed by atoms with E-state index < -0.39 is 7.87 Å². The molecular weight excluding hydrogens is 237 g/mol. The fourth-order valence-corrected chi connectivity index (χ4v) is 4.52. The molecule has 0 radical (unpaired) electrons. The Hall–Kier alpha value is -0.670. The highest BCUT2D eigenvalue weighted by Gasteiger charge is 2.50. The van der Waals surface area contributed by atoms with Crippen molar-refractivity contribution < 1.29 is 14.5 Å². The number of nitrogens with zero attached hydrogens (tertiary/aromatic N) is 1. The molecule has 0 saturated carbocycles. The predicted octanol–water partition coefficient (Wildman–Crippen LogP) is 1.13. The second kappa shape index (κ2) is 4.54. The van der Waals surface area contributed by atoms with Gasteiger partial charge < -0.3 is 10.00 Å². The summed E-state index contributed by atoms with van der Waals surface area (Å²) < 4.78 is 7.29. The highest BCUT2D eigenvalue weighted by molar-refractivity contribution is 7.70. The van der Waals surface area contributed by atoms with Gasteiger partial charge in [-0.1, -0.05) is 26.0 Å². The van der Waals surface area contributed by atoms with Gasteiger partial charge in [0.05, 0.1) is 6.04 Å². The number of aromatic hydroxyl groups is 1. The number of phenolic OH excluding ortho intramolecular Hbond substituents is 1. The third-order valence-electron chi connectivity index (χ3n) is 3.27. The number of hydrogen-bond donors (Lipinski definition) is 1. The van der Waals surface area contributed by atoms with Gasteiger partial charge in [-0.25, -0.2) is 4.52 Å². The summed E-state index contributed by atoms with van der Waals surface area (Å²) in [6.07, 6.45) is 0. The maximum absolute atomic E-state index is 12.8. The van der Waals surface area contributed by atoms with Crippen molar-refractivity contribution in [1.29, 1.82) is 0 Å².